The number of aryl methyl sites for hydroxylation is 2. The van der Waals surface area contributed by atoms with Crippen LogP contribution in [0.2, 0.25) is 0 Å². The second-order valence-corrected chi connectivity index (χ2v) is 6.89. The van der Waals surface area contributed by atoms with Gasteiger partial charge in [0.2, 0.25) is 5.91 Å². The van der Waals surface area contributed by atoms with E-state index in [4.69, 9.17) is 4.74 Å². The lowest BCUT2D eigenvalue weighted by Gasteiger charge is -2.31. The Morgan fingerprint density at radius 3 is 2.42 bits per heavy atom. The van der Waals surface area contributed by atoms with Crippen LogP contribution in [0.25, 0.3) is 0 Å². The van der Waals surface area contributed by atoms with Gasteiger partial charge < -0.3 is 15.0 Å². The van der Waals surface area contributed by atoms with E-state index in [9.17, 15) is 9.59 Å². The van der Waals surface area contributed by atoms with Crippen LogP contribution < -0.4 is 5.32 Å². The molecule has 1 heterocycles. The molecule has 1 saturated heterocycles. The number of nitrogens with zero attached hydrogens (tertiary/aromatic N) is 1. The molecule has 0 bridgehead atoms. The van der Waals surface area contributed by atoms with Crippen LogP contribution in [0.15, 0.2) is 18.2 Å². The fourth-order valence-corrected chi connectivity index (χ4v) is 2.82. The molecule has 1 fully saturated rings. The van der Waals surface area contributed by atoms with Crippen molar-refractivity contribution in [2.24, 2.45) is 5.92 Å². The summed E-state index contributed by atoms with van der Waals surface area (Å²) in [5.41, 5.74) is 2.82. The average molecular weight is 332 g/mol. The minimum Gasteiger partial charge on any atom is -0.378 e. The zero-order valence-corrected chi connectivity index (χ0v) is 15.1. The van der Waals surface area contributed by atoms with Gasteiger partial charge in [0.15, 0.2) is 0 Å². The molecule has 0 spiro atoms. The van der Waals surface area contributed by atoms with Crippen molar-refractivity contribution in [3.63, 3.8) is 0 Å². The molecule has 1 aliphatic heterocycles. The van der Waals surface area contributed by atoms with E-state index in [1.54, 1.807) is 4.90 Å². The number of hydrogen-bond donors (Lipinski definition) is 1. The van der Waals surface area contributed by atoms with E-state index in [1.165, 1.54) is 0 Å². The van der Waals surface area contributed by atoms with Gasteiger partial charge in [0.1, 0.15) is 6.04 Å². The van der Waals surface area contributed by atoms with Crippen LogP contribution in [-0.4, -0.2) is 49.1 Å². The molecule has 1 aromatic carbocycles. The third-order valence-electron chi connectivity index (χ3n) is 4.40. The predicted molar refractivity (Wildman–Crippen MR) is 94.0 cm³/mol. The fraction of sp³-hybridized carbons (Fsp3) is 0.579. The highest BCUT2D eigenvalue weighted by atomic mass is 16.5. The number of carbonyl (C=O) groups is 2. The smallest absolute Gasteiger partial charge is 0.251 e. The standard InChI is InChI=1S/C19H28N2O3/c1-13(2)11-17(19(23)21-7-9-24-10-8-21)20-18(22)16-6-5-14(3)15(4)12-16/h5-6,12-13,17H,7-11H2,1-4H3,(H,20,22)/t17-/m0/s1. The van der Waals surface area contributed by atoms with E-state index in [1.807, 2.05) is 32.0 Å². The third kappa shape index (κ3) is 4.81. The molecule has 0 radical (unpaired) electrons. The van der Waals surface area contributed by atoms with E-state index in [0.717, 1.165) is 11.1 Å². The lowest BCUT2D eigenvalue weighted by Crippen LogP contribution is -2.52. The Morgan fingerprint density at radius 2 is 1.83 bits per heavy atom. The minimum absolute atomic E-state index is 0.0100. The van der Waals surface area contributed by atoms with E-state index >= 15 is 0 Å². The summed E-state index contributed by atoms with van der Waals surface area (Å²) in [6.45, 7) is 10.4. The van der Waals surface area contributed by atoms with Crippen molar-refractivity contribution in [2.45, 2.75) is 40.2 Å². The molecule has 0 aliphatic carbocycles. The number of amides is 2. The first kappa shape index (κ1) is 18.5. The maximum absolute atomic E-state index is 12.8. The Balaban J connectivity index is 2.10. The Bertz CT molecular complexity index is 592. The molecule has 2 amide bonds. The van der Waals surface area contributed by atoms with E-state index in [-0.39, 0.29) is 11.8 Å². The first-order chi connectivity index (χ1) is 11.4. The summed E-state index contributed by atoms with van der Waals surface area (Å²) < 4.78 is 5.30. The molecule has 0 aromatic heterocycles. The van der Waals surface area contributed by atoms with Gasteiger partial charge in [0.05, 0.1) is 13.2 Å². The quantitative estimate of drug-likeness (QED) is 0.900. The average Bonchev–Trinajstić information content (AvgIpc) is 2.56. The van der Waals surface area contributed by atoms with Crippen LogP contribution in [-0.2, 0) is 9.53 Å². The summed E-state index contributed by atoms with van der Waals surface area (Å²) in [5, 5.41) is 2.94. The Morgan fingerprint density at radius 1 is 1.17 bits per heavy atom. The fourth-order valence-electron chi connectivity index (χ4n) is 2.82. The van der Waals surface area contributed by atoms with Gasteiger partial charge in [-0.2, -0.15) is 0 Å². The summed E-state index contributed by atoms with van der Waals surface area (Å²) in [6, 6.07) is 5.13. The second-order valence-electron chi connectivity index (χ2n) is 6.89. The molecule has 5 nitrogen and oxygen atoms in total. The monoisotopic (exact) mass is 332 g/mol. The van der Waals surface area contributed by atoms with Crippen molar-refractivity contribution in [1.82, 2.24) is 10.2 Å². The molecule has 132 valence electrons. The number of benzene rings is 1. The van der Waals surface area contributed by atoms with Crippen LogP contribution in [0.1, 0.15) is 41.8 Å². The second kappa shape index (κ2) is 8.29. The maximum atomic E-state index is 12.8. The number of rotatable bonds is 5. The topological polar surface area (TPSA) is 58.6 Å². The van der Waals surface area contributed by atoms with Gasteiger partial charge >= 0.3 is 0 Å². The summed E-state index contributed by atoms with van der Waals surface area (Å²) in [4.78, 5) is 27.1. The molecule has 1 atom stereocenters. The van der Waals surface area contributed by atoms with Crippen molar-refractivity contribution < 1.29 is 14.3 Å². The minimum atomic E-state index is -0.489. The van der Waals surface area contributed by atoms with Gasteiger partial charge in [0.25, 0.3) is 5.91 Å². The molecule has 0 unspecified atom stereocenters. The van der Waals surface area contributed by atoms with Crippen LogP contribution in [0.4, 0.5) is 0 Å². The molecule has 24 heavy (non-hydrogen) atoms. The molecule has 2 rings (SSSR count). The summed E-state index contributed by atoms with van der Waals surface area (Å²) in [6.07, 6.45) is 0.632. The highest BCUT2D eigenvalue weighted by Crippen LogP contribution is 2.13. The van der Waals surface area contributed by atoms with Crippen molar-refractivity contribution in [1.29, 1.82) is 0 Å². The van der Waals surface area contributed by atoms with Crippen molar-refractivity contribution >= 4 is 11.8 Å². The SMILES string of the molecule is Cc1ccc(C(=O)N[C@@H](CC(C)C)C(=O)N2CCOCC2)cc1C. The molecule has 1 N–H and O–H groups in total. The van der Waals surface area contributed by atoms with Crippen molar-refractivity contribution in [2.75, 3.05) is 26.3 Å². The van der Waals surface area contributed by atoms with Gasteiger partial charge in [-0.15, -0.1) is 0 Å². The summed E-state index contributed by atoms with van der Waals surface area (Å²) in [5.74, 6) is 0.120. The first-order valence-electron chi connectivity index (χ1n) is 8.63. The zero-order valence-electron chi connectivity index (χ0n) is 15.1. The largest absolute Gasteiger partial charge is 0.378 e. The Hall–Kier alpha value is -1.88. The van der Waals surface area contributed by atoms with Crippen molar-refractivity contribution in [3.05, 3.63) is 34.9 Å². The van der Waals surface area contributed by atoms with Gasteiger partial charge in [-0.05, 0) is 49.4 Å². The van der Waals surface area contributed by atoms with Gasteiger partial charge in [-0.25, -0.2) is 0 Å². The lowest BCUT2D eigenvalue weighted by atomic mass is 10.0. The molecule has 5 heteroatoms. The summed E-state index contributed by atoms with van der Waals surface area (Å²) in [7, 11) is 0. The number of hydrogen-bond acceptors (Lipinski definition) is 3. The van der Waals surface area contributed by atoms with Crippen LogP contribution in [0.5, 0.6) is 0 Å². The van der Waals surface area contributed by atoms with E-state index < -0.39 is 6.04 Å². The lowest BCUT2D eigenvalue weighted by molar-refractivity contribution is -0.137. The van der Waals surface area contributed by atoms with Gasteiger partial charge in [-0.1, -0.05) is 19.9 Å². The molecular formula is C19H28N2O3. The number of carbonyl (C=O) groups excluding carboxylic acids is 2. The Labute approximate surface area is 144 Å². The highest BCUT2D eigenvalue weighted by molar-refractivity contribution is 5.97. The first-order valence-corrected chi connectivity index (χ1v) is 8.63. The molecule has 0 saturated carbocycles. The number of nitrogens with one attached hydrogen (secondary N) is 1. The van der Waals surface area contributed by atoms with Crippen LogP contribution >= 0.6 is 0 Å². The van der Waals surface area contributed by atoms with Gasteiger partial charge in [0, 0.05) is 18.7 Å². The highest BCUT2D eigenvalue weighted by Gasteiger charge is 2.28. The van der Waals surface area contributed by atoms with E-state index in [2.05, 4.69) is 19.2 Å². The molecule has 1 aliphatic rings. The Kier molecular flexibility index (Phi) is 6.37. The zero-order chi connectivity index (χ0) is 17.7. The maximum Gasteiger partial charge on any atom is 0.251 e. The number of ether oxygens (including phenoxy) is 1. The van der Waals surface area contributed by atoms with Crippen LogP contribution in [0.3, 0.4) is 0 Å². The van der Waals surface area contributed by atoms with Crippen molar-refractivity contribution in [3.8, 4) is 0 Å². The third-order valence-corrected chi connectivity index (χ3v) is 4.40. The van der Waals surface area contributed by atoms with Crippen LogP contribution in [0, 0.1) is 19.8 Å². The van der Waals surface area contributed by atoms with Gasteiger partial charge in [-0.3, -0.25) is 9.59 Å². The normalized spacial score (nSPS) is 16.1. The number of morpholine rings is 1. The molecule has 1 aromatic rings. The van der Waals surface area contributed by atoms with E-state index in [0.29, 0.717) is 44.2 Å². The molecular weight excluding hydrogens is 304 g/mol. The summed E-state index contributed by atoms with van der Waals surface area (Å²) >= 11 is 0. The predicted octanol–water partition coefficient (Wildman–Crippen LogP) is 2.31.